The standard InChI is InChI=1S/C14H19ClFNO/c15-14-9-12(16)6-5-11(14)10-17(7-2-8-18)13-3-1-4-13/h5-6,9,13,18H,1-4,7-8,10H2. The average molecular weight is 272 g/mol. The van der Waals surface area contributed by atoms with Crippen molar-refractivity contribution in [3.05, 3.63) is 34.6 Å². The van der Waals surface area contributed by atoms with Crippen molar-refractivity contribution in [2.75, 3.05) is 13.2 Å². The second kappa shape index (κ2) is 6.50. The third kappa shape index (κ3) is 3.44. The molecule has 0 heterocycles. The highest BCUT2D eigenvalue weighted by Gasteiger charge is 2.24. The number of aliphatic hydroxyl groups excluding tert-OH is 1. The van der Waals surface area contributed by atoms with Crippen molar-refractivity contribution in [3.63, 3.8) is 0 Å². The molecule has 1 fully saturated rings. The smallest absolute Gasteiger partial charge is 0.124 e. The molecule has 100 valence electrons. The molecule has 1 N–H and O–H groups in total. The van der Waals surface area contributed by atoms with Crippen LogP contribution >= 0.6 is 11.6 Å². The van der Waals surface area contributed by atoms with E-state index in [1.54, 1.807) is 6.07 Å². The Morgan fingerprint density at radius 1 is 1.39 bits per heavy atom. The van der Waals surface area contributed by atoms with Gasteiger partial charge in [0.05, 0.1) is 0 Å². The molecule has 1 aromatic rings. The van der Waals surface area contributed by atoms with Crippen LogP contribution in [0.25, 0.3) is 0 Å². The SMILES string of the molecule is OCCCN(Cc1ccc(F)cc1Cl)C1CCC1. The lowest BCUT2D eigenvalue weighted by Gasteiger charge is -2.37. The highest BCUT2D eigenvalue weighted by molar-refractivity contribution is 6.31. The molecule has 0 unspecified atom stereocenters. The monoisotopic (exact) mass is 271 g/mol. The lowest BCUT2D eigenvalue weighted by Crippen LogP contribution is -2.40. The van der Waals surface area contributed by atoms with Crippen LogP contribution in [0.1, 0.15) is 31.2 Å². The van der Waals surface area contributed by atoms with E-state index in [0.717, 1.165) is 25.1 Å². The Labute approximate surface area is 112 Å². The van der Waals surface area contributed by atoms with E-state index in [9.17, 15) is 4.39 Å². The number of benzene rings is 1. The minimum absolute atomic E-state index is 0.209. The van der Waals surface area contributed by atoms with E-state index in [-0.39, 0.29) is 12.4 Å². The molecule has 2 nitrogen and oxygen atoms in total. The minimum Gasteiger partial charge on any atom is -0.396 e. The molecule has 0 saturated heterocycles. The molecule has 1 aliphatic rings. The van der Waals surface area contributed by atoms with Crippen molar-refractivity contribution >= 4 is 11.6 Å². The third-order valence-corrected chi connectivity index (χ3v) is 3.93. The second-order valence-corrected chi connectivity index (χ2v) is 5.28. The molecule has 0 spiro atoms. The minimum atomic E-state index is -0.297. The van der Waals surface area contributed by atoms with Gasteiger partial charge in [-0.05, 0) is 37.0 Å². The molecule has 2 rings (SSSR count). The Kier molecular flexibility index (Phi) is 4.98. The van der Waals surface area contributed by atoms with Crippen LogP contribution in [0.2, 0.25) is 5.02 Å². The Balaban J connectivity index is 2.02. The molecule has 0 bridgehead atoms. The summed E-state index contributed by atoms with van der Waals surface area (Å²) in [5, 5.41) is 9.43. The molecule has 0 aromatic heterocycles. The summed E-state index contributed by atoms with van der Waals surface area (Å²) >= 11 is 6.06. The zero-order valence-corrected chi connectivity index (χ0v) is 11.2. The largest absolute Gasteiger partial charge is 0.396 e. The molecular weight excluding hydrogens is 253 g/mol. The first-order valence-electron chi connectivity index (χ1n) is 6.49. The van der Waals surface area contributed by atoms with Crippen LogP contribution in [0.3, 0.4) is 0 Å². The molecule has 1 saturated carbocycles. The summed E-state index contributed by atoms with van der Waals surface area (Å²) in [6.07, 6.45) is 4.47. The topological polar surface area (TPSA) is 23.5 Å². The molecule has 0 aliphatic heterocycles. The van der Waals surface area contributed by atoms with Crippen LogP contribution in [0, 0.1) is 5.82 Å². The van der Waals surface area contributed by atoms with Gasteiger partial charge in [0.2, 0.25) is 0 Å². The Hall–Kier alpha value is -0.640. The van der Waals surface area contributed by atoms with Gasteiger partial charge in [-0.15, -0.1) is 0 Å². The first-order chi connectivity index (χ1) is 8.70. The number of hydrogen-bond donors (Lipinski definition) is 1. The van der Waals surface area contributed by atoms with Crippen molar-refractivity contribution in [1.82, 2.24) is 4.90 Å². The maximum absolute atomic E-state index is 13.0. The first kappa shape index (κ1) is 13.8. The fraction of sp³-hybridized carbons (Fsp3) is 0.571. The van der Waals surface area contributed by atoms with E-state index < -0.39 is 0 Å². The second-order valence-electron chi connectivity index (χ2n) is 4.87. The number of aliphatic hydroxyl groups is 1. The summed E-state index contributed by atoms with van der Waals surface area (Å²) in [5.74, 6) is -0.297. The van der Waals surface area contributed by atoms with Crippen LogP contribution in [-0.2, 0) is 6.54 Å². The summed E-state index contributed by atoms with van der Waals surface area (Å²) in [6, 6.07) is 5.16. The van der Waals surface area contributed by atoms with Crippen molar-refractivity contribution < 1.29 is 9.50 Å². The van der Waals surface area contributed by atoms with Gasteiger partial charge in [0.25, 0.3) is 0 Å². The number of halogens is 2. The van der Waals surface area contributed by atoms with E-state index in [1.165, 1.54) is 31.4 Å². The molecule has 0 radical (unpaired) electrons. The fourth-order valence-electron chi connectivity index (χ4n) is 2.29. The van der Waals surface area contributed by atoms with Gasteiger partial charge in [-0.1, -0.05) is 24.1 Å². The van der Waals surface area contributed by atoms with Crippen LogP contribution in [0.4, 0.5) is 4.39 Å². The normalized spacial score (nSPS) is 16.0. The Morgan fingerprint density at radius 2 is 2.17 bits per heavy atom. The van der Waals surface area contributed by atoms with Crippen LogP contribution < -0.4 is 0 Å². The van der Waals surface area contributed by atoms with Gasteiger partial charge in [0.1, 0.15) is 5.82 Å². The van der Waals surface area contributed by atoms with Gasteiger partial charge in [-0.2, -0.15) is 0 Å². The van der Waals surface area contributed by atoms with Gasteiger partial charge in [-0.25, -0.2) is 4.39 Å². The maximum Gasteiger partial charge on any atom is 0.124 e. The van der Waals surface area contributed by atoms with Gasteiger partial charge >= 0.3 is 0 Å². The van der Waals surface area contributed by atoms with Gasteiger partial charge in [0, 0.05) is 30.8 Å². The van der Waals surface area contributed by atoms with Crippen molar-refractivity contribution in [2.45, 2.75) is 38.3 Å². The van der Waals surface area contributed by atoms with Gasteiger partial charge < -0.3 is 5.11 Å². The molecule has 18 heavy (non-hydrogen) atoms. The quantitative estimate of drug-likeness (QED) is 0.859. The Bertz CT molecular complexity index is 395. The molecule has 1 aromatic carbocycles. The number of nitrogens with zero attached hydrogens (tertiary/aromatic N) is 1. The Morgan fingerprint density at radius 3 is 2.72 bits per heavy atom. The zero-order chi connectivity index (χ0) is 13.0. The fourth-order valence-corrected chi connectivity index (χ4v) is 2.51. The summed E-state index contributed by atoms with van der Waals surface area (Å²) in [5.41, 5.74) is 0.961. The maximum atomic E-state index is 13.0. The highest BCUT2D eigenvalue weighted by atomic mass is 35.5. The van der Waals surface area contributed by atoms with Gasteiger partial charge in [0.15, 0.2) is 0 Å². The van der Waals surface area contributed by atoms with E-state index in [0.29, 0.717) is 11.1 Å². The van der Waals surface area contributed by atoms with Crippen LogP contribution in [0.5, 0.6) is 0 Å². The van der Waals surface area contributed by atoms with E-state index in [4.69, 9.17) is 16.7 Å². The first-order valence-corrected chi connectivity index (χ1v) is 6.87. The van der Waals surface area contributed by atoms with Crippen molar-refractivity contribution in [2.24, 2.45) is 0 Å². The zero-order valence-electron chi connectivity index (χ0n) is 10.4. The molecule has 4 heteroatoms. The lowest BCUT2D eigenvalue weighted by molar-refractivity contribution is 0.109. The van der Waals surface area contributed by atoms with Gasteiger partial charge in [-0.3, -0.25) is 4.90 Å². The van der Waals surface area contributed by atoms with Crippen molar-refractivity contribution in [3.8, 4) is 0 Å². The summed E-state index contributed by atoms with van der Waals surface area (Å²) in [7, 11) is 0. The van der Waals surface area contributed by atoms with Crippen molar-refractivity contribution in [1.29, 1.82) is 0 Å². The van der Waals surface area contributed by atoms with E-state index >= 15 is 0 Å². The number of hydrogen-bond acceptors (Lipinski definition) is 2. The van der Waals surface area contributed by atoms with E-state index in [2.05, 4.69) is 4.90 Å². The highest BCUT2D eigenvalue weighted by Crippen LogP contribution is 2.28. The average Bonchev–Trinajstić information content (AvgIpc) is 2.27. The predicted molar refractivity (Wildman–Crippen MR) is 71.2 cm³/mol. The van der Waals surface area contributed by atoms with Crippen LogP contribution in [0.15, 0.2) is 18.2 Å². The molecular formula is C14H19ClFNO. The summed E-state index contributed by atoms with van der Waals surface area (Å²) in [4.78, 5) is 2.35. The summed E-state index contributed by atoms with van der Waals surface area (Å²) < 4.78 is 13.0. The van der Waals surface area contributed by atoms with Crippen LogP contribution in [-0.4, -0.2) is 29.2 Å². The molecule has 0 atom stereocenters. The molecule has 1 aliphatic carbocycles. The lowest BCUT2D eigenvalue weighted by atomic mass is 9.91. The predicted octanol–water partition coefficient (Wildman–Crippen LogP) is 3.22. The third-order valence-electron chi connectivity index (χ3n) is 3.58. The number of rotatable bonds is 6. The summed E-state index contributed by atoms with van der Waals surface area (Å²) in [6.45, 7) is 1.82. The van der Waals surface area contributed by atoms with E-state index in [1.807, 2.05) is 0 Å². The molecule has 0 amide bonds.